The zero-order chi connectivity index (χ0) is 23.0. The van der Waals surface area contributed by atoms with Crippen molar-refractivity contribution in [2.75, 3.05) is 0 Å². The fourth-order valence-electron chi connectivity index (χ4n) is 3.76. The lowest BCUT2D eigenvalue weighted by Gasteiger charge is -2.14. The summed E-state index contributed by atoms with van der Waals surface area (Å²) in [7, 11) is 0. The molecule has 2 N–H and O–H groups in total. The summed E-state index contributed by atoms with van der Waals surface area (Å²) in [6.45, 7) is 3.26. The predicted octanol–water partition coefficient (Wildman–Crippen LogP) is 5.77. The van der Waals surface area contributed by atoms with E-state index in [2.05, 4.69) is 0 Å². The maximum Gasteiger partial charge on any atom is 0.311 e. The lowest BCUT2D eigenvalue weighted by atomic mass is 9.91. The summed E-state index contributed by atoms with van der Waals surface area (Å²) in [6, 6.07) is 4.06. The Labute approximate surface area is 180 Å². The highest BCUT2D eigenvalue weighted by Gasteiger charge is 2.32. The number of unbranched alkanes of at least 4 members (excludes halogenated alkanes) is 1. The molecule has 0 aliphatic rings. The monoisotopic (exact) mass is 453 g/mol. The molecule has 3 rings (SSSR count). The van der Waals surface area contributed by atoms with E-state index in [-0.39, 0.29) is 39.2 Å². The van der Waals surface area contributed by atoms with Gasteiger partial charge in [-0.2, -0.15) is 0 Å². The van der Waals surface area contributed by atoms with Gasteiger partial charge in [-0.1, -0.05) is 31.4 Å². The number of hydrogen-bond acceptors (Lipinski definition) is 3. The zero-order valence-electron chi connectivity index (χ0n) is 16.7. The van der Waals surface area contributed by atoms with Gasteiger partial charge in [-0.25, -0.2) is 13.2 Å². The lowest BCUT2D eigenvalue weighted by molar-refractivity contribution is -0.139. The van der Waals surface area contributed by atoms with Crippen LogP contribution in [0.1, 0.15) is 53.7 Å². The van der Waals surface area contributed by atoms with Crippen molar-refractivity contribution in [3.63, 3.8) is 0 Å². The van der Waals surface area contributed by atoms with Gasteiger partial charge in [0.05, 0.1) is 16.5 Å². The summed E-state index contributed by atoms with van der Waals surface area (Å²) in [5.41, 5.74) is -0.388. The minimum absolute atomic E-state index is 0.0356. The molecule has 1 atom stereocenters. The number of aromatic nitrogens is 1. The molecule has 5 nitrogen and oxygen atoms in total. The van der Waals surface area contributed by atoms with E-state index in [4.69, 9.17) is 11.6 Å². The van der Waals surface area contributed by atoms with Gasteiger partial charge in [0.2, 0.25) is 0 Å². The number of phenolic OH excluding ortho intramolecular Hbond substituents is 1. The standard InChI is InChI=1S/C22H19ClF3NO4/c1-3-4-5-12(22(30)31)17-10(2)27(16-9-15(25)20(28)19(26)18(16)17)21(29)11-6-7-13(23)14(24)8-11/h6-9,12,28H,3-5H2,1-2H3,(H,30,31)/t12-/m0/s1. The molecule has 9 heteroatoms. The molecule has 0 amide bonds. The van der Waals surface area contributed by atoms with Crippen molar-refractivity contribution >= 4 is 34.4 Å². The predicted molar refractivity (Wildman–Crippen MR) is 109 cm³/mol. The average molecular weight is 454 g/mol. The Morgan fingerprint density at radius 1 is 1.16 bits per heavy atom. The Morgan fingerprint density at radius 2 is 1.84 bits per heavy atom. The van der Waals surface area contributed by atoms with Gasteiger partial charge in [0, 0.05) is 22.7 Å². The molecule has 0 saturated heterocycles. The van der Waals surface area contributed by atoms with E-state index < -0.39 is 41.0 Å². The second-order valence-electron chi connectivity index (χ2n) is 7.22. The molecule has 0 aliphatic heterocycles. The van der Waals surface area contributed by atoms with E-state index in [0.717, 1.165) is 16.7 Å². The van der Waals surface area contributed by atoms with Crippen LogP contribution in [0.3, 0.4) is 0 Å². The Kier molecular flexibility index (Phi) is 6.31. The average Bonchev–Trinajstić information content (AvgIpc) is 2.99. The molecule has 0 bridgehead atoms. The van der Waals surface area contributed by atoms with E-state index in [1.807, 2.05) is 6.92 Å². The molecule has 2 aromatic carbocycles. The summed E-state index contributed by atoms with van der Waals surface area (Å²) >= 11 is 5.66. The molecule has 31 heavy (non-hydrogen) atoms. The van der Waals surface area contributed by atoms with Gasteiger partial charge in [0.1, 0.15) is 5.82 Å². The van der Waals surface area contributed by atoms with Crippen molar-refractivity contribution in [2.45, 2.75) is 39.0 Å². The first-order valence-electron chi connectivity index (χ1n) is 9.54. The van der Waals surface area contributed by atoms with Crippen LogP contribution in [-0.2, 0) is 4.79 Å². The number of aliphatic carboxylic acids is 1. The smallest absolute Gasteiger partial charge is 0.311 e. The van der Waals surface area contributed by atoms with E-state index in [0.29, 0.717) is 12.8 Å². The molecule has 0 spiro atoms. The fraction of sp³-hybridized carbons (Fsp3) is 0.273. The van der Waals surface area contributed by atoms with Crippen LogP contribution in [0.5, 0.6) is 5.75 Å². The van der Waals surface area contributed by atoms with Crippen LogP contribution >= 0.6 is 11.6 Å². The number of hydrogen-bond donors (Lipinski definition) is 2. The second-order valence-corrected chi connectivity index (χ2v) is 7.62. The molecule has 164 valence electrons. The topological polar surface area (TPSA) is 79.5 Å². The zero-order valence-corrected chi connectivity index (χ0v) is 17.4. The van der Waals surface area contributed by atoms with Gasteiger partial charge in [0.15, 0.2) is 17.4 Å². The Morgan fingerprint density at radius 3 is 2.42 bits per heavy atom. The van der Waals surface area contributed by atoms with Crippen molar-refractivity contribution in [3.8, 4) is 5.75 Å². The number of benzene rings is 2. The van der Waals surface area contributed by atoms with Gasteiger partial charge in [-0.3, -0.25) is 14.2 Å². The molecule has 3 aromatic rings. The molecule has 0 saturated carbocycles. The highest BCUT2D eigenvalue weighted by atomic mass is 35.5. The van der Waals surface area contributed by atoms with E-state index in [1.165, 1.54) is 19.1 Å². The number of carbonyl (C=O) groups is 2. The van der Waals surface area contributed by atoms with Gasteiger partial charge in [0.25, 0.3) is 5.91 Å². The van der Waals surface area contributed by atoms with Gasteiger partial charge >= 0.3 is 5.97 Å². The van der Waals surface area contributed by atoms with Crippen molar-refractivity contribution < 1.29 is 33.0 Å². The minimum atomic E-state index is -1.36. The number of nitrogens with zero attached hydrogens (tertiary/aromatic N) is 1. The van der Waals surface area contributed by atoms with E-state index in [1.54, 1.807) is 0 Å². The number of phenols is 1. The number of carbonyl (C=O) groups excluding carboxylic acids is 1. The number of halogens is 4. The first-order chi connectivity index (χ1) is 14.6. The molecule has 0 aliphatic carbocycles. The van der Waals surface area contributed by atoms with Gasteiger partial charge < -0.3 is 10.2 Å². The SMILES string of the molecule is CCCC[C@H](C(=O)O)c1c(C)n(C(=O)c2ccc(Cl)c(F)c2)c2cc(F)c(O)c(F)c12. The minimum Gasteiger partial charge on any atom is -0.503 e. The van der Waals surface area contributed by atoms with Crippen LogP contribution < -0.4 is 0 Å². The van der Waals surface area contributed by atoms with Crippen molar-refractivity contribution in [1.29, 1.82) is 0 Å². The van der Waals surface area contributed by atoms with Crippen LogP contribution in [-0.4, -0.2) is 26.7 Å². The highest BCUT2D eigenvalue weighted by molar-refractivity contribution is 6.30. The first-order valence-corrected chi connectivity index (χ1v) is 9.92. The normalized spacial score (nSPS) is 12.3. The summed E-state index contributed by atoms with van der Waals surface area (Å²) in [4.78, 5) is 25.1. The van der Waals surface area contributed by atoms with Gasteiger partial charge in [-0.05, 0) is 37.1 Å². The van der Waals surface area contributed by atoms with Crippen LogP contribution in [0.25, 0.3) is 10.9 Å². The van der Waals surface area contributed by atoms with Crippen LogP contribution in [0.15, 0.2) is 24.3 Å². The maximum absolute atomic E-state index is 15.0. The molecule has 1 aromatic heterocycles. The largest absolute Gasteiger partial charge is 0.503 e. The van der Waals surface area contributed by atoms with Crippen molar-refractivity contribution in [1.82, 2.24) is 4.57 Å². The summed E-state index contributed by atoms with van der Waals surface area (Å²) < 4.78 is 44.0. The van der Waals surface area contributed by atoms with Crippen LogP contribution in [0.4, 0.5) is 13.2 Å². The Balaban J connectivity index is 2.36. The van der Waals surface area contributed by atoms with Gasteiger partial charge in [-0.15, -0.1) is 0 Å². The number of fused-ring (bicyclic) bond motifs is 1. The number of carboxylic acid groups (broad SMARTS) is 1. The Hall–Kier alpha value is -3.00. The fourth-order valence-corrected chi connectivity index (χ4v) is 3.87. The lowest BCUT2D eigenvalue weighted by Crippen LogP contribution is -2.16. The summed E-state index contributed by atoms with van der Waals surface area (Å²) in [5, 5.41) is 19.0. The molecular weight excluding hydrogens is 435 g/mol. The Bertz CT molecular complexity index is 1210. The summed E-state index contributed by atoms with van der Waals surface area (Å²) in [6.07, 6.45) is 1.33. The third-order valence-corrected chi connectivity index (χ3v) is 5.58. The number of rotatable bonds is 6. The first kappa shape index (κ1) is 22.7. The second kappa shape index (κ2) is 8.63. The molecule has 0 fully saturated rings. The van der Waals surface area contributed by atoms with E-state index >= 15 is 0 Å². The molecular formula is C22H19ClF3NO4. The van der Waals surface area contributed by atoms with E-state index in [9.17, 15) is 33.0 Å². The van der Waals surface area contributed by atoms with Crippen LogP contribution in [0, 0.1) is 24.4 Å². The van der Waals surface area contributed by atoms with Crippen molar-refractivity contribution in [2.24, 2.45) is 0 Å². The summed E-state index contributed by atoms with van der Waals surface area (Å²) in [5.74, 6) is -8.07. The number of aromatic hydroxyl groups is 1. The van der Waals surface area contributed by atoms with Crippen LogP contribution in [0.2, 0.25) is 5.02 Å². The third kappa shape index (κ3) is 3.87. The molecule has 0 radical (unpaired) electrons. The van der Waals surface area contributed by atoms with Crippen molar-refractivity contribution in [3.05, 3.63) is 63.6 Å². The molecule has 1 heterocycles. The molecule has 0 unspecified atom stereocenters. The maximum atomic E-state index is 15.0. The highest BCUT2D eigenvalue weighted by Crippen LogP contribution is 2.40. The number of carboxylic acids is 1. The quantitative estimate of drug-likeness (QED) is 0.496. The third-order valence-electron chi connectivity index (χ3n) is 5.27.